The van der Waals surface area contributed by atoms with Gasteiger partial charge in [-0.15, -0.1) is 0 Å². The molecule has 0 spiro atoms. The zero-order chi connectivity index (χ0) is 53.0. The molecule has 3 aromatic heterocycles. The molecule has 0 saturated carbocycles. The topological polar surface area (TPSA) is 14.8 Å². The molecule has 0 N–H and O–H groups in total. The van der Waals surface area contributed by atoms with Gasteiger partial charge in [0.1, 0.15) is 0 Å². The standard InChI is InChI=1S/C43H29N3/c1-28-22-24-40-34(26-28)32-14-4-8-18-38(32)45(40)42-20-10-11-21-43(42)46-39-19-9-5-15-33(39)35-27-29(23-25-41(35)46)44-36-16-6-2-12-30(36)31-13-3-7-17-37(31)44/h2-27H,1H3/i2D,3D,4D,5D,6D,7D,8D,9D,10D,11D,12D,13D,14D,15D,16D,17D,18D,19D,20D,21D,22D,23D,24D,25D,26D,27D. The Morgan fingerprint density at radius 1 is 0.348 bits per heavy atom. The Labute approximate surface area is 302 Å². The van der Waals surface area contributed by atoms with E-state index in [9.17, 15) is 12.3 Å². The lowest BCUT2D eigenvalue weighted by Crippen LogP contribution is -2.03. The van der Waals surface area contributed by atoms with E-state index >= 15 is 0 Å². The molecule has 10 rings (SSSR count). The molecule has 216 valence electrons. The van der Waals surface area contributed by atoms with Gasteiger partial charge in [0.25, 0.3) is 0 Å². The summed E-state index contributed by atoms with van der Waals surface area (Å²) in [7, 11) is 0. The minimum absolute atomic E-state index is 0.0949. The maximum Gasteiger partial charge on any atom is 0.0702 e. The van der Waals surface area contributed by atoms with Gasteiger partial charge < -0.3 is 13.7 Å². The number of hydrogen-bond donors (Lipinski definition) is 0. The average Bonchev–Trinajstić information content (AvgIpc) is 4.02. The van der Waals surface area contributed by atoms with Crippen molar-refractivity contribution >= 4 is 65.4 Å². The van der Waals surface area contributed by atoms with Crippen molar-refractivity contribution in [2.24, 2.45) is 0 Å². The summed E-state index contributed by atoms with van der Waals surface area (Å²) < 4.78 is 238. The summed E-state index contributed by atoms with van der Waals surface area (Å²) in [5.74, 6) is 0. The van der Waals surface area contributed by atoms with Gasteiger partial charge >= 0.3 is 0 Å². The SMILES string of the molecule is [2H]c1c([2H])c([2H])c(-n2c3c([2H])c([2H])c([2H])c([2H])c3c3c([2H])c(-n4c5c([2H])c([2H])c([2H])c([2H])c5c5c([2H])c([2H])c([2H])c([2H])c54)c([2H])c([2H])c32)c(-n2c3c([2H])c([2H])c([2H])c([2H])c3c3c([2H])c(C)c([2H])c([2H])c32)c1[2H]. The van der Waals surface area contributed by atoms with Crippen molar-refractivity contribution in [2.75, 3.05) is 0 Å². The molecule has 3 heterocycles. The lowest BCUT2D eigenvalue weighted by molar-refractivity contribution is 1.09. The van der Waals surface area contributed by atoms with Crippen LogP contribution in [0.3, 0.4) is 0 Å². The van der Waals surface area contributed by atoms with Crippen LogP contribution in [0.5, 0.6) is 0 Å². The highest BCUT2D eigenvalue weighted by atomic mass is 15.1. The predicted octanol–water partition coefficient (Wildman–Crippen LogP) is 11.3. The van der Waals surface area contributed by atoms with Crippen LogP contribution in [0.1, 0.15) is 41.2 Å². The largest absolute Gasteiger partial charge is 0.309 e. The summed E-state index contributed by atoms with van der Waals surface area (Å²) >= 11 is 0. The first-order valence-electron chi connectivity index (χ1n) is 26.8. The summed E-state index contributed by atoms with van der Waals surface area (Å²) in [5.41, 5.74) is -6.05. The quantitative estimate of drug-likeness (QED) is 0.188. The van der Waals surface area contributed by atoms with E-state index in [1.54, 1.807) is 0 Å². The molecular formula is C43H29N3. The molecule has 10 aromatic rings. The molecule has 3 nitrogen and oxygen atoms in total. The molecule has 0 atom stereocenters. The lowest BCUT2D eigenvalue weighted by Gasteiger charge is -2.17. The second-order valence-electron chi connectivity index (χ2n) is 10.3. The Morgan fingerprint density at radius 2 is 0.717 bits per heavy atom. The van der Waals surface area contributed by atoms with Gasteiger partial charge in [0.2, 0.25) is 0 Å². The van der Waals surface area contributed by atoms with E-state index in [-0.39, 0.29) is 10.9 Å². The van der Waals surface area contributed by atoms with E-state index in [1.807, 2.05) is 0 Å². The monoisotopic (exact) mass is 613 g/mol. The summed E-state index contributed by atoms with van der Waals surface area (Å²) in [6.45, 7) is 1.33. The Balaban J connectivity index is 1.53. The van der Waals surface area contributed by atoms with Crippen LogP contribution in [-0.2, 0) is 0 Å². The third-order valence-electron chi connectivity index (χ3n) is 7.78. The molecule has 0 bridgehead atoms. The Morgan fingerprint density at radius 3 is 1.24 bits per heavy atom. The third kappa shape index (κ3) is 3.43. The predicted molar refractivity (Wildman–Crippen MR) is 194 cm³/mol. The maximum atomic E-state index is 9.98. The first-order valence-corrected chi connectivity index (χ1v) is 13.8. The highest BCUT2D eigenvalue weighted by Crippen LogP contribution is 2.40. The van der Waals surface area contributed by atoms with E-state index in [2.05, 4.69) is 0 Å². The second-order valence-corrected chi connectivity index (χ2v) is 10.3. The van der Waals surface area contributed by atoms with E-state index in [4.69, 9.17) is 23.3 Å². The van der Waals surface area contributed by atoms with Crippen LogP contribution in [0, 0.1) is 6.92 Å². The number of rotatable bonds is 3. The van der Waals surface area contributed by atoms with E-state index in [0.29, 0.717) is 0 Å². The van der Waals surface area contributed by atoms with E-state index in [0.717, 1.165) is 13.7 Å². The number of benzene rings is 7. The highest BCUT2D eigenvalue weighted by molar-refractivity contribution is 6.13. The molecule has 0 aliphatic heterocycles. The molecule has 0 saturated heterocycles. The van der Waals surface area contributed by atoms with E-state index in [1.165, 1.54) is 6.92 Å². The molecule has 0 radical (unpaired) electrons. The fourth-order valence-corrected chi connectivity index (χ4v) is 5.94. The van der Waals surface area contributed by atoms with Crippen LogP contribution in [0.15, 0.2) is 157 Å². The molecule has 0 unspecified atom stereocenters. The Bertz CT molecular complexity index is 4140. The van der Waals surface area contributed by atoms with Gasteiger partial charge in [-0.25, -0.2) is 0 Å². The van der Waals surface area contributed by atoms with Gasteiger partial charge in [0.15, 0.2) is 0 Å². The van der Waals surface area contributed by atoms with Gasteiger partial charge in [-0.2, -0.15) is 0 Å². The average molecular weight is 614 g/mol. The van der Waals surface area contributed by atoms with Gasteiger partial charge in [-0.05, 0) is 73.4 Å². The Hall–Kier alpha value is -6.06. The normalized spacial score (nSPS) is 19.9. The minimum atomic E-state index is -1.03. The summed E-state index contributed by atoms with van der Waals surface area (Å²) in [6, 6.07) is -22.2. The lowest BCUT2D eigenvalue weighted by atomic mass is 10.1. The van der Waals surface area contributed by atoms with Crippen molar-refractivity contribution in [1.82, 2.24) is 13.7 Å². The van der Waals surface area contributed by atoms with Crippen LogP contribution in [0.4, 0.5) is 0 Å². The zero-order valence-electron chi connectivity index (χ0n) is 49.3. The zero-order valence-corrected chi connectivity index (χ0v) is 23.3. The van der Waals surface area contributed by atoms with Crippen LogP contribution in [0.2, 0.25) is 0 Å². The molecule has 0 aliphatic carbocycles. The van der Waals surface area contributed by atoms with Crippen molar-refractivity contribution in [3.05, 3.63) is 163 Å². The van der Waals surface area contributed by atoms with Crippen LogP contribution in [0.25, 0.3) is 82.5 Å². The van der Waals surface area contributed by atoms with Crippen molar-refractivity contribution in [3.8, 4) is 17.1 Å². The van der Waals surface area contributed by atoms with Crippen molar-refractivity contribution < 1.29 is 35.6 Å². The Kier molecular flexibility index (Phi) is 2.22. The maximum absolute atomic E-state index is 9.98. The summed E-state index contributed by atoms with van der Waals surface area (Å²) in [6.07, 6.45) is 0. The summed E-state index contributed by atoms with van der Waals surface area (Å²) in [4.78, 5) is 0. The van der Waals surface area contributed by atoms with Gasteiger partial charge in [-0.3, -0.25) is 0 Å². The molecule has 3 heteroatoms. The molecule has 0 amide bonds. The number of aromatic nitrogens is 3. The third-order valence-corrected chi connectivity index (χ3v) is 7.78. The first kappa shape index (κ1) is 10.8. The molecular weight excluding hydrogens is 558 g/mol. The van der Waals surface area contributed by atoms with Gasteiger partial charge in [0, 0.05) is 38.0 Å². The molecule has 46 heavy (non-hydrogen) atoms. The highest BCUT2D eigenvalue weighted by Gasteiger charge is 2.20. The van der Waals surface area contributed by atoms with Crippen molar-refractivity contribution in [1.29, 1.82) is 0 Å². The first-order chi connectivity index (χ1) is 33.6. The second kappa shape index (κ2) is 9.47. The van der Waals surface area contributed by atoms with E-state index < -0.39 is 234 Å². The number of para-hydroxylation sites is 6. The molecule has 0 aliphatic rings. The minimum Gasteiger partial charge on any atom is -0.309 e. The van der Waals surface area contributed by atoms with Gasteiger partial charge in [-0.1, -0.05) is 96.2 Å². The summed E-state index contributed by atoms with van der Waals surface area (Å²) in [5, 5.41) is -2.87. The number of nitrogens with zero attached hydrogens (tertiary/aromatic N) is 3. The van der Waals surface area contributed by atoms with Crippen molar-refractivity contribution in [2.45, 2.75) is 6.92 Å². The molecule has 0 fully saturated rings. The fourth-order valence-electron chi connectivity index (χ4n) is 5.94. The molecule has 7 aromatic carbocycles. The smallest absolute Gasteiger partial charge is 0.0702 e. The number of hydrogen-bond acceptors (Lipinski definition) is 0. The fraction of sp³-hybridized carbons (Fsp3) is 0.0233. The van der Waals surface area contributed by atoms with Gasteiger partial charge in [0.05, 0.1) is 80.1 Å². The number of fused-ring (bicyclic) bond motifs is 9. The van der Waals surface area contributed by atoms with Crippen LogP contribution >= 0.6 is 0 Å². The van der Waals surface area contributed by atoms with Crippen LogP contribution < -0.4 is 0 Å². The van der Waals surface area contributed by atoms with Crippen molar-refractivity contribution in [3.63, 3.8) is 0 Å². The van der Waals surface area contributed by atoms with Crippen LogP contribution in [-0.4, -0.2) is 13.7 Å².